The van der Waals surface area contributed by atoms with Crippen LogP contribution in [-0.4, -0.2) is 63.4 Å². The molecular weight excluding hydrogens is 316 g/mol. The summed E-state index contributed by atoms with van der Waals surface area (Å²) in [6.07, 6.45) is 5.46. The first-order chi connectivity index (χ1) is 12.3. The highest BCUT2D eigenvalue weighted by molar-refractivity contribution is 6.00. The summed E-state index contributed by atoms with van der Waals surface area (Å²) in [5.41, 5.74) is 1.89. The zero-order chi connectivity index (χ0) is 17.5. The standard InChI is InChI=1S/C20H30N2O3/c1-24-14-6-8-17-7-4-5-11-22(17)20(23)18-9-2-3-10-19(18)21-12-15-25-16-13-21/h2-3,9-10,17H,4-8,11-16H2,1H3/t17-/m1/s1. The molecule has 2 fully saturated rings. The monoisotopic (exact) mass is 346 g/mol. The molecule has 0 aromatic heterocycles. The van der Waals surface area contributed by atoms with E-state index in [2.05, 4.69) is 15.9 Å². The third-order valence-electron chi connectivity index (χ3n) is 5.26. The Morgan fingerprint density at radius 3 is 2.80 bits per heavy atom. The number of benzene rings is 1. The maximum Gasteiger partial charge on any atom is 0.256 e. The van der Waals surface area contributed by atoms with E-state index in [1.54, 1.807) is 7.11 Å². The summed E-state index contributed by atoms with van der Waals surface area (Å²) in [6.45, 7) is 4.79. The van der Waals surface area contributed by atoms with Crippen LogP contribution in [0, 0.1) is 0 Å². The Labute approximate surface area is 150 Å². The zero-order valence-electron chi connectivity index (χ0n) is 15.3. The van der Waals surface area contributed by atoms with Crippen molar-refractivity contribution in [3.63, 3.8) is 0 Å². The maximum atomic E-state index is 13.3. The molecule has 25 heavy (non-hydrogen) atoms. The summed E-state index contributed by atoms with van der Waals surface area (Å²) in [6, 6.07) is 8.39. The molecule has 1 amide bonds. The van der Waals surface area contributed by atoms with Gasteiger partial charge in [-0.3, -0.25) is 4.79 Å². The lowest BCUT2D eigenvalue weighted by molar-refractivity contribution is 0.0585. The van der Waals surface area contributed by atoms with Crippen LogP contribution in [0.5, 0.6) is 0 Å². The lowest BCUT2D eigenvalue weighted by Gasteiger charge is -2.37. The first kappa shape index (κ1) is 18.2. The minimum absolute atomic E-state index is 0.184. The number of carbonyl (C=O) groups is 1. The minimum Gasteiger partial charge on any atom is -0.385 e. The molecule has 2 heterocycles. The molecule has 2 aliphatic heterocycles. The number of nitrogens with zero attached hydrogens (tertiary/aromatic N) is 2. The van der Waals surface area contributed by atoms with Gasteiger partial charge in [-0.05, 0) is 44.2 Å². The number of carbonyl (C=O) groups excluding carboxylic acids is 1. The number of para-hydroxylation sites is 1. The number of methoxy groups -OCH3 is 1. The van der Waals surface area contributed by atoms with Crippen LogP contribution in [-0.2, 0) is 9.47 Å². The number of likely N-dealkylation sites (tertiary alicyclic amines) is 1. The van der Waals surface area contributed by atoms with Crippen molar-refractivity contribution >= 4 is 11.6 Å². The molecule has 0 bridgehead atoms. The van der Waals surface area contributed by atoms with Gasteiger partial charge in [0.25, 0.3) is 5.91 Å². The number of ether oxygens (including phenoxy) is 2. The van der Waals surface area contributed by atoms with Crippen LogP contribution in [0.3, 0.4) is 0 Å². The Hall–Kier alpha value is -1.59. The second kappa shape index (κ2) is 9.20. The van der Waals surface area contributed by atoms with E-state index in [-0.39, 0.29) is 5.91 Å². The fourth-order valence-corrected chi connectivity index (χ4v) is 3.92. The highest BCUT2D eigenvalue weighted by atomic mass is 16.5. The Bertz CT molecular complexity index is 558. The molecule has 2 aliphatic rings. The number of piperidine rings is 1. The predicted octanol–water partition coefficient (Wildman–Crippen LogP) is 2.94. The van der Waals surface area contributed by atoms with Gasteiger partial charge >= 0.3 is 0 Å². The second-order valence-electron chi connectivity index (χ2n) is 6.90. The third kappa shape index (κ3) is 4.53. The van der Waals surface area contributed by atoms with Crippen LogP contribution in [0.1, 0.15) is 42.5 Å². The van der Waals surface area contributed by atoms with E-state index < -0.39 is 0 Å². The van der Waals surface area contributed by atoms with Gasteiger partial charge in [0, 0.05) is 45.1 Å². The van der Waals surface area contributed by atoms with Crippen molar-refractivity contribution in [3.05, 3.63) is 29.8 Å². The first-order valence-electron chi connectivity index (χ1n) is 9.53. The Kier molecular flexibility index (Phi) is 6.70. The average molecular weight is 346 g/mol. The van der Waals surface area contributed by atoms with Gasteiger partial charge < -0.3 is 19.3 Å². The Balaban J connectivity index is 1.76. The molecule has 1 aromatic rings. The molecule has 2 saturated heterocycles. The van der Waals surface area contributed by atoms with E-state index in [0.29, 0.717) is 6.04 Å². The van der Waals surface area contributed by atoms with Crippen molar-refractivity contribution in [2.75, 3.05) is 51.5 Å². The van der Waals surface area contributed by atoms with Gasteiger partial charge in [-0.15, -0.1) is 0 Å². The molecule has 0 aliphatic carbocycles. The fourth-order valence-electron chi connectivity index (χ4n) is 3.92. The largest absolute Gasteiger partial charge is 0.385 e. The lowest BCUT2D eigenvalue weighted by atomic mass is 9.96. The van der Waals surface area contributed by atoms with Gasteiger partial charge in [0.15, 0.2) is 0 Å². The molecule has 1 aromatic carbocycles. The summed E-state index contributed by atoms with van der Waals surface area (Å²) in [4.78, 5) is 17.7. The van der Waals surface area contributed by atoms with Crippen molar-refractivity contribution < 1.29 is 14.3 Å². The lowest BCUT2D eigenvalue weighted by Crippen LogP contribution is -2.45. The molecule has 5 heteroatoms. The Morgan fingerprint density at radius 1 is 1.20 bits per heavy atom. The highest BCUT2D eigenvalue weighted by Crippen LogP contribution is 2.28. The van der Waals surface area contributed by atoms with Crippen LogP contribution in [0.15, 0.2) is 24.3 Å². The molecule has 0 N–H and O–H groups in total. The predicted molar refractivity (Wildman–Crippen MR) is 99.3 cm³/mol. The summed E-state index contributed by atoms with van der Waals surface area (Å²) in [7, 11) is 1.74. The number of rotatable bonds is 6. The van der Waals surface area contributed by atoms with Crippen molar-refractivity contribution in [3.8, 4) is 0 Å². The van der Waals surface area contributed by atoms with Crippen molar-refractivity contribution in [2.45, 2.75) is 38.1 Å². The van der Waals surface area contributed by atoms with Gasteiger partial charge in [-0.2, -0.15) is 0 Å². The SMILES string of the molecule is COCCC[C@H]1CCCCN1C(=O)c1ccccc1N1CCOCC1. The maximum absolute atomic E-state index is 13.3. The quantitative estimate of drug-likeness (QED) is 0.743. The van der Waals surface area contributed by atoms with Crippen LogP contribution in [0.4, 0.5) is 5.69 Å². The molecule has 0 spiro atoms. The minimum atomic E-state index is 0.184. The van der Waals surface area contributed by atoms with E-state index in [4.69, 9.17) is 9.47 Å². The molecule has 1 atom stereocenters. The molecular formula is C20H30N2O3. The van der Waals surface area contributed by atoms with Crippen LogP contribution in [0.2, 0.25) is 0 Å². The van der Waals surface area contributed by atoms with Gasteiger partial charge in [0.1, 0.15) is 0 Å². The highest BCUT2D eigenvalue weighted by Gasteiger charge is 2.29. The summed E-state index contributed by atoms with van der Waals surface area (Å²) in [5.74, 6) is 0.184. The fraction of sp³-hybridized carbons (Fsp3) is 0.650. The molecule has 0 radical (unpaired) electrons. The van der Waals surface area contributed by atoms with E-state index in [0.717, 1.165) is 76.4 Å². The van der Waals surface area contributed by atoms with Gasteiger partial charge in [-0.1, -0.05) is 12.1 Å². The van der Waals surface area contributed by atoms with Crippen LogP contribution in [0.25, 0.3) is 0 Å². The summed E-state index contributed by atoms with van der Waals surface area (Å²) < 4.78 is 10.7. The van der Waals surface area contributed by atoms with Crippen LogP contribution >= 0.6 is 0 Å². The van der Waals surface area contributed by atoms with Gasteiger partial charge in [0.2, 0.25) is 0 Å². The molecule has 138 valence electrons. The normalized spacial score (nSPS) is 21.4. The van der Waals surface area contributed by atoms with E-state index in [1.807, 2.05) is 18.2 Å². The first-order valence-corrected chi connectivity index (χ1v) is 9.53. The number of amides is 1. The average Bonchev–Trinajstić information content (AvgIpc) is 2.69. The van der Waals surface area contributed by atoms with Gasteiger partial charge in [0.05, 0.1) is 18.8 Å². The number of hydrogen-bond acceptors (Lipinski definition) is 4. The zero-order valence-corrected chi connectivity index (χ0v) is 15.3. The second-order valence-corrected chi connectivity index (χ2v) is 6.90. The summed E-state index contributed by atoms with van der Waals surface area (Å²) >= 11 is 0. The summed E-state index contributed by atoms with van der Waals surface area (Å²) in [5, 5.41) is 0. The van der Waals surface area contributed by atoms with E-state index >= 15 is 0 Å². The molecule has 3 rings (SSSR count). The van der Waals surface area contributed by atoms with E-state index in [9.17, 15) is 4.79 Å². The van der Waals surface area contributed by atoms with E-state index in [1.165, 1.54) is 6.42 Å². The molecule has 5 nitrogen and oxygen atoms in total. The Morgan fingerprint density at radius 2 is 2.00 bits per heavy atom. The number of anilines is 1. The third-order valence-corrected chi connectivity index (χ3v) is 5.26. The van der Waals surface area contributed by atoms with Crippen molar-refractivity contribution in [1.82, 2.24) is 4.90 Å². The topological polar surface area (TPSA) is 42.0 Å². The molecule has 0 unspecified atom stereocenters. The van der Waals surface area contributed by atoms with Crippen molar-refractivity contribution in [1.29, 1.82) is 0 Å². The number of hydrogen-bond donors (Lipinski definition) is 0. The van der Waals surface area contributed by atoms with Gasteiger partial charge in [-0.25, -0.2) is 0 Å². The number of morpholine rings is 1. The smallest absolute Gasteiger partial charge is 0.256 e. The molecule has 0 saturated carbocycles. The van der Waals surface area contributed by atoms with Crippen molar-refractivity contribution in [2.24, 2.45) is 0 Å². The van der Waals surface area contributed by atoms with Crippen LogP contribution < -0.4 is 4.90 Å².